The van der Waals surface area contributed by atoms with E-state index in [-0.39, 0.29) is 5.43 Å². The van der Waals surface area contributed by atoms with Crippen LogP contribution in [0.5, 0.6) is 5.75 Å². The van der Waals surface area contributed by atoms with Crippen LogP contribution < -0.4 is 15.5 Å². The van der Waals surface area contributed by atoms with Gasteiger partial charge in [-0.1, -0.05) is 12.1 Å². The van der Waals surface area contributed by atoms with Crippen LogP contribution in [0.1, 0.15) is 6.92 Å². The lowest BCUT2D eigenvalue weighted by atomic mass is 10.1. The van der Waals surface area contributed by atoms with Crippen molar-refractivity contribution in [2.75, 3.05) is 19.0 Å². The smallest absolute Gasteiger partial charge is 0.196 e. The number of anilines is 1. The van der Waals surface area contributed by atoms with Crippen molar-refractivity contribution < 1.29 is 4.74 Å². The summed E-state index contributed by atoms with van der Waals surface area (Å²) in [7, 11) is 1.62. The molecule has 0 spiro atoms. The molecule has 4 nitrogen and oxygen atoms in total. The number of benzene rings is 2. The van der Waals surface area contributed by atoms with Gasteiger partial charge in [-0.3, -0.25) is 9.78 Å². The molecule has 0 saturated carbocycles. The second kappa shape index (κ2) is 5.76. The van der Waals surface area contributed by atoms with Crippen LogP contribution in [0.4, 0.5) is 5.69 Å². The summed E-state index contributed by atoms with van der Waals surface area (Å²) in [5, 5.41) is 5.64. The molecule has 2 aromatic carbocycles. The molecule has 1 N–H and O–H groups in total. The predicted octanol–water partition coefficient (Wildman–Crippen LogP) is 4.40. The molecule has 0 unspecified atom stereocenters. The molecule has 120 valence electrons. The average Bonchev–Trinajstić information content (AvgIpc) is 2.61. The molecule has 0 radical (unpaired) electrons. The number of aromatic nitrogens is 1. The van der Waals surface area contributed by atoms with Crippen molar-refractivity contribution >= 4 is 48.1 Å². The quantitative estimate of drug-likeness (QED) is 0.445. The second-order valence-corrected chi connectivity index (χ2v) is 6.55. The maximum Gasteiger partial charge on any atom is 0.196 e. The molecule has 0 bridgehead atoms. The summed E-state index contributed by atoms with van der Waals surface area (Å²) in [6, 6.07) is 11.5. The van der Waals surface area contributed by atoms with Gasteiger partial charge in [0.15, 0.2) is 5.43 Å². The highest BCUT2D eigenvalue weighted by atomic mass is 32.1. The topological polar surface area (TPSA) is 51.2 Å². The Balaban J connectivity index is 2.25. The maximum atomic E-state index is 13.2. The van der Waals surface area contributed by atoms with Crippen LogP contribution in [-0.2, 0) is 0 Å². The molecule has 2 heterocycles. The summed E-state index contributed by atoms with van der Waals surface area (Å²) in [6.45, 7) is 2.83. The monoisotopic (exact) mass is 336 g/mol. The van der Waals surface area contributed by atoms with Gasteiger partial charge in [-0.15, -0.1) is 11.3 Å². The van der Waals surface area contributed by atoms with Gasteiger partial charge in [0.05, 0.1) is 27.4 Å². The lowest BCUT2D eigenvalue weighted by molar-refractivity contribution is 0.420. The molecule has 0 aliphatic heterocycles. The van der Waals surface area contributed by atoms with E-state index in [4.69, 9.17) is 4.74 Å². The van der Waals surface area contributed by atoms with Crippen molar-refractivity contribution in [1.29, 1.82) is 0 Å². The van der Waals surface area contributed by atoms with Crippen molar-refractivity contribution in [1.82, 2.24) is 4.98 Å². The Hall–Kier alpha value is -2.66. The Kier molecular flexibility index (Phi) is 3.58. The predicted molar refractivity (Wildman–Crippen MR) is 102 cm³/mol. The van der Waals surface area contributed by atoms with Crippen molar-refractivity contribution in [3.63, 3.8) is 0 Å². The summed E-state index contributed by atoms with van der Waals surface area (Å²) in [4.78, 5) is 17.8. The largest absolute Gasteiger partial charge is 0.495 e. The number of methoxy groups -OCH3 is 1. The van der Waals surface area contributed by atoms with E-state index in [1.165, 1.54) is 0 Å². The summed E-state index contributed by atoms with van der Waals surface area (Å²) in [5.41, 5.74) is 1.79. The Labute approximate surface area is 142 Å². The zero-order valence-corrected chi connectivity index (χ0v) is 14.2. The number of ether oxygens (including phenoxy) is 1. The second-order valence-electron chi connectivity index (χ2n) is 5.50. The normalized spacial score (nSPS) is 11.2. The molecule has 0 aliphatic carbocycles. The van der Waals surface area contributed by atoms with Crippen LogP contribution >= 0.6 is 11.3 Å². The molecule has 4 aromatic rings. The van der Waals surface area contributed by atoms with Gasteiger partial charge in [-0.25, -0.2) is 0 Å². The van der Waals surface area contributed by atoms with Crippen molar-refractivity contribution in [3.05, 3.63) is 52.8 Å². The third-order valence-electron chi connectivity index (χ3n) is 4.11. The molecule has 0 fully saturated rings. The van der Waals surface area contributed by atoms with E-state index in [2.05, 4.69) is 10.3 Å². The highest BCUT2D eigenvalue weighted by Crippen LogP contribution is 2.35. The van der Waals surface area contributed by atoms with E-state index in [1.54, 1.807) is 24.6 Å². The van der Waals surface area contributed by atoms with Gasteiger partial charge in [-0.05, 0) is 31.2 Å². The van der Waals surface area contributed by atoms with Gasteiger partial charge in [0, 0.05) is 29.2 Å². The zero-order chi connectivity index (χ0) is 16.7. The summed E-state index contributed by atoms with van der Waals surface area (Å²) in [6.07, 6.45) is 1.78. The Morgan fingerprint density at radius 1 is 1.17 bits per heavy atom. The number of nitrogens with one attached hydrogen (secondary N) is 1. The van der Waals surface area contributed by atoms with E-state index in [0.29, 0.717) is 5.39 Å². The van der Waals surface area contributed by atoms with Crippen LogP contribution in [0.25, 0.3) is 31.1 Å². The molecule has 0 amide bonds. The molecule has 0 saturated heterocycles. The highest BCUT2D eigenvalue weighted by molar-refractivity contribution is 7.25. The summed E-state index contributed by atoms with van der Waals surface area (Å²) in [5.74, 6) is 0.719. The molecule has 24 heavy (non-hydrogen) atoms. The Morgan fingerprint density at radius 3 is 2.79 bits per heavy atom. The van der Waals surface area contributed by atoms with E-state index in [0.717, 1.165) is 43.7 Å². The first-order valence-electron chi connectivity index (χ1n) is 7.79. The number of pyridine rings is 1. The van der Waals surface area contributed by atoms with E-state index < -0.39 is 0 Å². The number of hydrogen-bond acceptors (Lipinski definition) is 5. The van der Waals surface area contributed by atoms with Gasteiger partial charge < -0.3 is 10.1 Å². The zero-order valence-electron chi connectivity index (χ0n) is 13.4. The number of rotatable bonds is 3. The fourth-order valence-electron chi connectivity index (χ4n) is 3.07. The van der Waals surface area contributed by atoms with Crippen LogP contribution in [0, 0.1) is 0 Å². The van der Waals surface area contributed by atoms with Crippen LogP contribution in [0.3, 0.4) is 0 Å². The first kappa shape index (κ1) is 14.9. The van der Waals surface area contributed by atoms with Crippen LogP contribution in [0.15, 0.2) is 47.4 Å². The van der Waals surface area contributed by atoms with E-state index in [1.807, 2.05) is 43.3 Å². The third-order valence-corrected chi connectivity index (χ3v) is 5.26. The molecule has 0 atom stereocenters. The summed E-state index contributed by atoms with van der Waals surface area (Å²) >= 11 is 1.54. The van der Waals surface area contributed by atoms with Gasteiger partial charge >= 0.3 is 0 Å². The van der Waals surface area contributed by atoms with Gasteiger partial charge in [-0.2, -0.15) is 0 Å². The number of hydrogen-bond donors (Lipinski definition) is 1. The molecule has 0 aliphatic rings. The molecule has 4 rings (SSSR count). The highest BCUT2D eigenvalue weighted by Gasteiger charge is 2.14. The molecular formula is C19H16N2O2S. The minimum absolute atomic E-state index is 0.0235. The fourth-order valence-corrected chi connectivity index (χ4v) is 4.22. The molecular weight excluding hydrogens is 320 g/mol. The van der Waals surface area contributed by atoms with E-state index >= 15 is 0 Å². The Morgan fingerprint density at radius 2 is 2.00 bits per heavy atom. The lowest BCUT2D eigenvalue weighted by Crippen LogP contribution is -2.05. The van der Waals surface area contributed by atoms with Crippen LogP contribution in [-0.4, -0.2) is 18.6 Å². The van der Waals surface area contributed by atoms with Crippen molar-refractivity contribution in [2.24, 2.45) is 0 Å². The Bertz CT molecular complexity index is 1130. The molecule has 2 aromatic heterocycles. The standard InChI is InChI=1S/C19H16N2O2S/c1-3-20-12-7-5-8-13-16(12)17-15(10-21-13)24-19-11(18(17)22)6-4-9-14(19)23-2/h4-10,20H,3H2,1-2H3. The SMILES string of the molecule is CCNc1cccc2ncc3sc4c(OC)cccc4c(=O)c3c12. The average molecular weight is 336 g/mol. The van der Waals surface area contributed by atoms with Crippen LogP contribution in [0.2, 0.25) is 0 Å². The fraction of sp³-hybridized carbons (Fsp3) is 0.158. The number of fused-ring (bicyclic) bond motifs is 4. The third kappa shape index (κ3) is 2.12. The first-order chi connectivity index (χ1) is 11.7. The molecule has 5 heteroatoms. The maximum absolute atomic E-state index is 13.2. The van der Waals surface area contributed by atoms with Gasteiger partial charge in [0.1, 0.15) is 5.75 Å². The first-order valence-corrected chi connectivity index (χ1v) is 8.61. The van der Waals surface area contributed by atoms with Crippen molar-refractivity contribution in [3.8, 4) is 5.75 Å². The van der Waals surface area contributed by atoms with Gasteiger partial charge in [0.2, 0.25) is 0 Å². The van der Waals surface area contributed by atoms with Gasteiger partial charge in [0.25, 0.3) is 0 Å². The number of nitrogens with zero attached hydrogens (tertiary/aromatic N) is 1. The minimum atomic E-state index is 0.0235. The van der Waals surface area contributed by atoms with E-state index in [9.17, 15) is 4.79 Å². The minimum Gasteiger partial charge on any atom is -0.495 e. The van der Waals surface area contributed by atoms with Crippen molar-refractivity contribution in [2.45, 2.75) is 6.92 Å². The lowest BCUT2D eigenvalue weighted by Gasteiger charge is -2.11. The summed E-state index contributed by atoms with van der Waals surface area (Å²) < 4.78 is 7.15.